The molecule has 0 unspecified atom stereocenters. The Hall–Kier alpha value is -1.62. The standard InChI is InChI=1S/C12H16O4Si/c1-3-17(4-2)8-5-6-9(11(13)14)10(7-8)12(15)16/h5-7,17H,3-4H2,1-2H3,(H,13,14)(H,15,16). The van der Waals surface area contributed by atoms with E-state index in [1.807, 2.05) is 0 Å². The quantitative estimate of drug-likeness (QED) is 0.780. The van der Waals surface area contributed by atoms with Crippen LogP contribution >= 0.6 is 0 Å². The Morgan fingerprint density at radius 3 is 2.00 bits per heavy atom. The molecule has 17 heavy (non-hydrogen) atoms. The largest absolute Gasteiger partial charge is 0.478 e. The van der Waals surface area contributed by atoms with E-state index in [1.165, 1.54) is 12.1 Å². The van der Waals surface area contributed by atoms with Gasteiger partial charge in [-0.2, -0.15) is 0 Å². The maximum absolute atomic E-state index is 11.0. The highest BCUT2D eigenvalue weighted by Gasteiger charge is 2.18. The lowest BCUT2D eigenvalue weighted by molar-refractivity contribution is 0.0651. The fourth-order valence-corrected chi connectivity index (χ4v) is 4.23. The molecule has 1 aromatic carbocycles. The van der Waals surface area contributed by atoms with E-state index in [0.717, 1.165) is 17.3 Å². The molecule has 0 saturated carbocycles. The summed E-state index contributed by atoms with van der Waals surface area (Å²) in [5.74, 6) is -2.37. The van der Waals surface area contributed by atoms with Gasteiger partial charge in [0.15, 0.2) is 0 Å². The molecular weight excluding hydrogens is 236 g/mol. The van der Waals surface area contributed by atoms with E-state index in [-0.39, 0.29) is 11.1 Å². The van der Waals surface area contributed by atoms with Crippen molar-refractivity contribution < 1.29 is 19.8 Å². The zero-order valence-corrected chi connectivity index (χ0v) is 11.1. The summed E-state index contributed by atoms with van der Waals surface area (Å²) >= 11 is 0. The number of benzene rings is 1. The number of hydrogen-bond donors (Lipinski definition) is 2. The van der Waals surface area contributed by atoms with Crippen LogP contribution in [0.3, 0.4) is 0 Å². The van der Waals surface area contributed by atoms with Crippen molar-refractivity contribution in [3.8, 4) is 0 Å². The van der Waals surface area contributed by atoms with Crippen molar-refractivity contribution in [2.75, 3.05) is 0 Å². The zero-order chi connectivity index (χ0) is 13.0. The number of carbonyl (C=O) groups is 2. The zero-order valence-electron chi connectivity index (χ0n) is 9.93. The summed E-state index contributed by atoms with van der Waals surface area (Å²) in [5.41, 5.74) is -0.240. The molecule has 0 aliphatic rings. The highest BCUT2D eigenvalue weighted by Crippen LogP contribution is 2.10. The molecule has 0 atom stereocenters. The molecule has 0 aliphatic carbocycles. The van der Waals surface area contributed by atoms with Crippen LogP contribution in [-0.2, 0) is 0 Å². The van der Waals surface area contributed by atoms with Gasteiger partial charge in [-0.1, -0.05) is 37.2 Å². The van der Waals surface area contributed by atoms with Gasteiger partial charge in [-0.3, -0.25) is 0 Å². The van der Waals surface area contributed by atoms with Crippen LogP contribution in [0.4, 0.5) is 0 Å². The van der Waals surface area contributed by atoms with Gasteiger partial charge in [0.1, 0.15) is 0 Å². The third-order valence-electron chi connectivity index (χ3n) is 2.96. The molecule has 0 aromatic heterocycles. The Kier molecular flexibility index (Phi) is 4.45. The van der Waals surface area contributed by atoms with Gasteiger partial charge in [-0.05, 0) is 12.1 Å². The highest BCUT2D eigenvalue weighted by molar-refractivity contribution is 6.73. The van der Waals surface area contributed by atoms with Gasteiger partial charge in [0.2, 0.25) is 0 Å². The average Bonchev–Trinajstić information content (AvgIpc) is 2.30. The van der Waals surface area contributed by atoms with Crippen LogP contribution < -0.4 is 5.19 Å². The molecule has 4 nitrogen and oxygen atoms in total. The number of aromatic carboxylic acids is 2. The molecule has 1 rings (SSSR count). The van der Waals surface area contributed by atoms with Crippen LogP contribution in [0.15, 0.2) is 18.2 Å². The van der Waals surface area contributed by atoms with Gasteiger partial charge in [0, 0.05) is 0 Å². The molecule has 5 heteroatoms. The van der Waals surface area contributed by atoms with Gasteiger partial charge in [-0.15, -0.1) is 0 Å². The second-order valence-corrected chi connectivity index (χ2v) is 7.62. The molecule has 0 radical (unpaired) electrons. The van der Waals surface area contributed by atoms with E-state index in [1.54, 1.807) is 6.07 Å². The number of hydrogen-bond acceptors (Lipinski definition) is 2. The van der Waals surface area contributed by atoms with Gasteiger partial charge in [0.25, 0.3) is 0 Å². The monoisotopic (exact) mass is 252 g/mol. The Labute approximate surface area is 102 Å². The molecule has 0 amide bonds. The van der Waals surface area contributed by atoms with Gasteiger partial charge >= 0.3 is 11.9 Å². The lowest BCUT2D eigenvalue weighted by Crippen LogP contribution is -2.29. The second-order valence-electron chi connectivity index (χ2n) is 3.93. The second kappa shape index (κ2) is 5.63. The summed E-state index contributed by atoms with van der Waals surface area (Å²) in [5, 5.41) is 19.0. The van der Waals surface area contributed by atoms with Gasteiger partial charge in [-0.25, -0.2) is 9.59 Å². The first-order valence-corrected chi connectivity index (χ1v) is 7.82. The first-order chi connectivity index (χ1) is 8.01. The van der Waals surface area contributed by atoms with Crippen LogP contribution in [0.25, 0.3) is 0 Å². The Morgan fingerprint density at radius 1 is 1.06 bits per heavy atom. The van der Waals surface area contributed by atoms with E-state index in [9.17, 15) is 9.59 Å². The van der Waals surface area contributed by atoms with Crippen molar-refractivity contribution in [3.05, 3.63) is 29.3 Å². The van der Waals surface area contributed by atoms with E-state index in [0.29, 0.717) is 0 Å². The number of rotatable bonds is 5. The van der Waals surface area contributed by atoms with E-state index in [2.05, 4.69) is 13.8 Å². The van der Waals surface area contributed by atoms with Crippen LogP contribution in [-0.4, -0.2) is 30.9 Å². The predicted octanol–water partition coefficient (Wildman–Crippen LogP) is 1.56. The first kappa shape index (κ1) is 13.4. The maximum Gasteiger partial charge on any atom is 0.336 e. The van der Waals surface area contributed by atoms with Crippen LogP contribution in [0.5, 0.6) is 0 Å². The topological polar surface area (TPSA) is 74.6 Å². The normalized spacial score (nSPS) is 10.5. The molecule has 0 aliphatic heterocycles. The fraction of sp³-hybridized carbons (Fsp3) is 0.333. The molecule has 2 N–H and O–H groups in total. The minimum absolute atomic E-state index is 0.102. The van der Waals surface area contributed by atoms with Crippen LogP contribution in [0.2, 0.25) is 12.1 Å². The smallest absolute Gasteiger partial charge is 0.336 e. The van der Waals surface area contributed by atoms with Crippen molar-refractivity contribution in [1.82, 2.24) is 0 Å². The number of carboxylic acids is 2. The van der Waals surface area contributed by atoms with Crippen molar-refractivity contribution in [2.45, 2.75) is 25.9 Å². The first-order valence-electron chi connectivity index (χ1n) is 5.61. The SMILES string of the molecule is CC[SiH](CC)c1ccc(C(=O)O)c(C(=O)O)c1. The summed E-state index contributed by atoms with van der Waals surface area (Å²) in [6.45, 7) is 4.18. The molecule has 92 valence electrons. The van der Waals surface area contributed by atoms with Gasteiger partial charge < -0.3 is 10.2 Å². The summed E-state index contributed by atoms with van der Waals surface area (Å²) in [6, 6.07) is 6.80. The van der Waals surface area contributed by atoms with E-state index < -0.39 is 20.7 Å². The van der Waals surface area contributed by atoms with Crippen LogP contribution in [0.1, 0.15) is 34.6 Å². The Balaban J connectivity index is 3.27. The molecule has 0 spiro atoms. The summed E-state index contributed by atoms with van der Waals surface area (Å²) in [4.78, 5) is 21.9. The van der Waals surface area contributed by atoms with Crippen molar-refractivity contribution in [3.63, 3.8) is 0 Å². The summed E-state index contributed by atoms with van der Waals surface area (Å²) in [6.07, 6.45) is 0. The van der Waals surface area contributed by atoms with Crippen molar-refractivity contribution in [1.29, 1.82) is 0 Å². The lowest BCUT2D eigenvalue weighted by Gasteiger charge is -2.12. The van der Waals surface area contributed by atoms with Crippen LogP contribution in [0, 0.1) is 0 Å². The molecule has 0 bridgehead atoms. The molecule has 0 heterocycles. The van der Waals surface area contributed by atoms with Gasteiger partial charge in [0.05, 0.1) is 19.9 Å². The number of carboxylic acid groups (broad SMARTS) is 2. The van der Waals surface area contributed by atoms with Crippen molar-refractivity contribution >= 4 is 25.9 Å². The third kappa shape index (κ3) is 2.94. The predicted molar refractivity (Wildman–Crippen MR) is 68.1 cm³/mol. The summed E-state index contributed by atoms with van der Waals surface area (Å²) < 4.78 is 0. The molecule has 1 aromatic rings. The fourth-order valence-electron chi connectivity index (χ4n) is 1.94. The minimum atomic E-state index is -1.19. The van der Waals surface area contributed by atoms with E-state index >= 15 is 0 Å². The summed E-state index contributed by atoms with van der Waals surface area (Å²) in [7, 11) is -1.13. The average molecular weight is 252 g/mol. The molecular formula is C12H16O4Si. The highest BCUT2D eigenvalue weighted by atomic mass is 28.3. The minimum Gasteiger partial charge on any atom is -0.478 e. The van der Waals surface area contributed by atoms with Crippen molar-refractivity contribution in [2.24, 2.45) is 0 Å². The Bertz CT molecular complexity index is 438. The Morgan fingerprint density at radius 2 is 1.59 bits per heavy atom. The third-order valence-corrected chi connectivity index (χ3v) is 6.23. The lowest BCUT2D eigenvalue weighted by atomic mass is 10.1. The van der Waals surface area contributed by atoms with E-state index in [4.69, 9.17) is 10.2 Å². The molecule has 0 fully saturated rings. The maximum atomic E-state index is 11.0. The molecule has 0 saturated heterocycles.